The zero-order chi connectivity index (χ0) is 12.4. The van der Waals surface area contributed by atoms with Crippen molar-refractivity contribution in [2.24, 2.45) is 0 Å². The predicted octanol–water partition coefficient (Wildman–Crippen LogP) is 0.680. The van der Waals surface area contributed by atoms with Crippen LogP contribution in [0.25, 0.3) is 0 Å². The Labute approximate surface area is 104 Å². The smallest absolute Gasteiger partial charge is 0.223 e. The standard InChI is InChI=1S/C13H25N3O/c1-14-10-8-11-4-5-12(9-10)16(11)7-6-13(17)15(2)3/h10-12,14H,4-9H2,1-3H3. The van der Waals surface area contributed by atoms with Crippen LogP contribution in [0.2, 0.25) is 0 Å². The van der Waals surface area contributed by atoms with Crippen molar-refractivity contribution in [2.75, 3.05) is 27.7 Å². The molecule has 17 heavy (non-hydrogen) atoms. The van der Waals surface area contributed by atoms with E-state index in [1.807, 2.05) is 14.1 Å². The highest BCUT2D eigenvalue weighted by molar-refractivity contribution is 5.75. The Kier molecular flexibility index (Phi) is 4.05. The third-order valence-corrected chi connectivity index (χ3v) is 4.38. The number of carbonyl (C=O) groups excluding carboxylic acids is 1. The van der Waals surface area contributed by atoms with Crippen LogP contribution in [-0.4, -0.2) is 61.5 Å². The van der Waals surface area contributed by atoms with Gasteiger partial charge in [0.25, 0.3) is 0 Å². The van der Waals surface area contributed by atoms with Gasteiger partial charge in [0.15, 0.2) is 0 Å². The molecule has 0 saturated carbocycles. The summed E-state index contributed by atoms with van der Waals surface area (Å²) in [5.41, 5.74) is 0. The Morgan fingerprint density at radius 3 is 2.35 bits per heavy atom. The molecule has 2 bridgehead atoms. The molecule has 0 aromatic heterocycles. The minimum Gasteiger partial charge on any atom is -0.349 e. The lowest BCUT2D eigenvalue weighted by Crippen LogP contribution is -2.49. The van der Waals surface area contributed by atoms with Crippen LogP contribution in [-0.2, 0) is 4.79 Å². The maximum absolute atomic E-state index is 11.6. The molecular formula is C13H25N3O. The highest BCUT2D eigenvalue weighted by Gasteiger charge is 2.39. The summed E-state index contributed by atoms with van der Waals surface area (Å²) >= 11 is 0. The van der Waals surface area contributed by atoms with Crippen LogP contribution in [0.4, 0.5) is 0 Å². The fourth-order valence-electron chi connectivity index (χ4n) is 3.32. The van der Waals surface area contributed by atoms with E-state index < -0.39 is 0 Å². The number of nitrogens with one attached hydrogen (secondary N) is 1. The first kappa shape index (κ1) is 12.8. The van der Waals surface area contributed by atoms with Gasteiger partial charge in [0, 0.05) is 45.2 Å². The van der Waals surface area contributed by atoms with E-state index in [1.54, 1.807) is 4.90 Å². The zero-order valence-electron chi connectivity index (χ0n) is 11.3. The van der Waals surface area contributed by atoms with Gasteiger partial charge < -0.3 is 10.2 Å². The fourth-order valence-corrected chi connectivity index (χ4v) is 3.32. The van der Waals surface area contributed by atoms with Crippen molar-refractivity contribution < 1.29 is 4.79 Å². The lowest BCUT2D eigenvalue weighted by Gasteiger charge is -2.38. The van der Waals surface area contributed by atoms with Crippen LogP contribution >= 0.6 is 0 Å². The molecule has 0 aromatic carbocycles. The normalized spacial score (nSPS) is 32.8. The van der Waals surface area contributed by atoms with Gasteiger partial charge in [-0.3, -0.25) is 9.69 Å². The first-order valence-corrected chi connectivity index (χ1v) is 6.75. The summed E-state index contributed by atoms with van der Waals surface area (Å²) in [6.45, 7) is 0.947. The molecular weight excluding hydrogens is 214 g/mol. The second-order valence-electron chi connectivity index (χ2n) is 5.62. The number of nitrogens with zero attached hydrogens (tertiary/aromatic N) is 2. The molecule has 4 heteroatoms. The van der Waals surface area contributed by atoms with E-state index in [9.17, 15) is 4.79 Å². The van der Waals surface area contributed by atoms with Crippen molar-refractivity contribution >= 4 is 5.91 Å². The molecule has 2 aliphatic heterocycles. The maximum atomic E-state index is 11.6. The van der Waals surface area contributed by atoms with E-state index in [-0.39, 0.29) is 5.91 Å². The van der Waals surface area contributed by atoms with Crippen LogP contribution in [0.1, 0.15) is 32.1 Å². The van der Waals surface area contributed by atoms with Crippen LogP contribution in [0.5, 0.6) is 0 Å². The minimum atomic E-state index is 0.250. The van der Waals surface area contributed by atoms with Crippen molar-refractivity contribution in [1.82, 2.24) is 15.1 Å². The molecule has 2 fully saturated rings. The average Bonchev–Trinajstić information content (AvgIpc) is 2.56. The topological polar surface area (TPSA) is 35.6 Å². The molecule has 0 spiro atoms. The molecule has 2 rings (SSSR count). The van der Waals surface area contributed by atoms with E-state index in [4.69, 9.17) is 0 Å². The molecule has 2 atom stereocenters. The number of amides is 1. The number of piperidine rings is 1. The Bertz CT molecular complexity index is 266. The van der Waals surface area contributed by atoms with Gasteiger partial charge in [0.05, 0.1) is 0 Å². The lowest BCUT2D eigenvalue weighted by molar-refractivity contribution is -0.129. The van der Waals surface area contributed by atoms with Crippen LogP contribution in [0, 0.1) is 0 Å². The summed E-state index contributed by atoms with van der Waals surface area (Å²) in [5, 5.41) is 3.41. The van der Waals surface area contributed by atoms with Gasteiger partial charge in [-0.2, -0.15) is 0 Å². The summed E-state index contributed by atoms with van der Waals surface area (Å²) in [7, 11) is 5.74. The molecule has 0 radical (unpaired) electrons. The molecule has 2 heterocycles. The molecule has 0 aliphatic carbocycles. The minimum absolute atomic E-state index is 0.250. The van der Waals surface area contributed by atoms with Crippen molar-refractivity contribution in [3.05, 3.63) is 0 Å². The third kappa shape index (κ3) is 2.80. The first-order valence-electron chi connectivity index (χ1n) is 6.75. The third-order valence-electron chi connectivity index (χ3n) is 4.38. The van der Waals surface area contributed by atoms with E-state index >= 15 is 0 Å². The summed E-state index contributed by atoms with van der Waals surface area (Å²) < 4.78 is 0. The van der Waals surface area contributed by atoms with Gasteiger partial charge in [-0.1, -0.05) is 0 Å². The number of hydrogen-bond donors (Lipinski definition) is 1. The van der Waals surface area contributed by atoms with Gasteiger partial charge >= 0.3 is 0 Å². The first-order chi connectivity index (χ1) is 8.11. The Morgan fingerprint density at radius 2 is 1.88 bits per heavy atom. The van der Waals surface area contributed by atoms with E-state index in [2.05, 4.69) is 17.3 Å². The van der Waals surface area contributed by atoms with Gasteiger partial charge in [0.2, 0.25) is 5.91 Å². The number of rotatable bonds is 4. The van der Waals surface area contributed by atoms with Crippen LogP contribution < -0.4 is 5.32 Å². The molecule has 0 aromatic rings. The molecule has 4 nitrogen and oxygen atoms in total. The number of carbonyl (C=O) groups is 1. The highest BCUT2D eigenvalue weighted by atomic mass is 16.2. The van der Waals surface area contributed by atoms with Gasteiger partial charge in [-0.25, -0.2) is 0 Å². The average molecular weight is 239 g/mol. The lowest BCUT2D eigenvalue weighted by atomic mass is 9.97. The second-order valence-corrected chi connectivity index (χ2v) is 5.62. The Balaban J connectivity index is 1.85. The fraction of sp³-hybridized carbons (Fsp3) is 0.923. The van der Waals surface area contributed by atoms with E-state index in [1.165, 1.54) is 25.7 Å². The predicted molar refractivity (Wildman–Crippen MR) is 68.9 cm³/mol. The van der Waals surface area contributed by atoms with Crippen molar-refractivity contribution in [2.45, 2.75) is 50.2 Å². The zero-order valence-corrected chi connectivity index (χ0v) is 11.3. The quantitative estimate of drug-likeness (QED) is 0.783. The van der Waals surface area contributed by atoms with E-state index in [0.29, 0.717) is 24.5 Å². The molecule has 1 amide bonds. The summed E-state index contributed by atoms with van der Waals surface area (Å²) in [5.74, 6) is 0.250. The Morgan fingerprint density at radius 1 is 1.29 bits per heavy atom. The van der Waals surface area contributed by atoms with Gasteiger partial charge in [-0.15, -0.1) is 0 Å². The monoisotopic (exact) mass is 239 g/mol. The molecule has 2 saturated heterocycles. The Hall–Kier alpha value is -0.610. The SMILES string of the molecule is CNC1CC2CCC(C1)N2CCC(=O)N(C)C. The van der Waals surface area contributed by atoms with Crippen LogP contribution in [0.15, 0.2) is 0 Å². The maximum Gasteiger partial charge on any atom is 0.223 e. The number of fused-ring (bicyclic) bond motifs is 2. The van der Waals surface area contributed by atoms with Gasteiger partial charge in [0.1, 0.15) is 0 Å². The van der Waals surface area contributed by atoms with Gasteiger partial charge in [-0.05, 0) is 32.7 Å². The molecule has 2 unspecified atom stereocenters. The number of hydrogen-bond acceptors (Lipinski definition) is 3. The van der Waals surface area contributed by atoms with Crippen molar-refractivity contribution in [3.63, 3.8) is 0 Å². The molecule has 98 valence electrons. The molecule has 2 aliphatic rings. The highest BCUT2D eigenvalue weighted by Crippen LogP contribution is 2.35. The second kappa shape index (κ2) is 5.36. The van der Waals surface area contributed by atoms with Crippen molar-refractivity contribution in [1.29, 1.82) is 0 Å². The summed E-state index contributed by atoms with van der Waals surface area (Å²) in [4.78, 5) is 15.9. The summed E-state index contributed by atoms with van der Waals surface area (Å²) in [6.07, 6.45) is 5.81. The largest absolute Gasteiger partial charge is 0.349 e. The summed E-state index contributed by atoms with van der Waals surface area (Å²) in [6, 6.07) is 2.11. The molecule has 1 N–H and O–H groups in total. The van der Waals surface area contributed by atoms with Crippen molar-refractivity contribution in [3.8, 4) is 0 Å². The van der Waals surface area contributed by atoms with E-state index in [0.717, 1.165) is 6.54 Å². The van der Waals surface area contributed by atoms with Crippen LogP contribution in [0.3, 0.4) is 0 Å².